The molecule has 0 aliphatic heterocycles. The van der Waals surface area contributed by atoms with Crippen LogP contribution in [-0.2, 0) is 4.74 Å². The smallest absolute Gasteiger partial charge is 0.487 e. The Morgan fingerprint density at radius 1 is 1.20 bits per heavy atom. The zero-order valence-corrected chi connectivity index (χ0v) is 11.2. The van der Waals surface area contributed by atoms with Crippen LogP contribution in [0.1, 0.15) is 13.3 Å². The fourth-order valence-electron chi connectivity index (χ4n) is 1.75. The molecule has 1 heterocycles. The van der Waals surface area contributed by atoms with Gasteiger partial charge in [0.05, 0.1) is 6.61 Å². The summed E-state index contributed by atoms with van der Waals surface area (Å²) in [5.74, 6) is 0.582. The Labute approximate surface area is 117 Å². The van der Waals surface area contributed by atoms with E-state index in [9.17, 15) is 0 Å². The molecule has 0 unspecified atom stereocenters. The Balaban J connectivity index is 2.03. The molecule has 20 heavy (non-hydrogen) atoms. The number of hydrogen-bond acceptors (Lipinski definition) is 6. The molecule has 0 radical (unpaired) electrons. The molecule has 6 nitrogen and oxygen atoms in total. The predicted molar refractivity (Wildman–Crippen MR) is 73.6 cm³/mol. The third-order valence-corrected chi connectivity index (χ3v) is 2.54. The van der Waals surface area contributed by atoms with E-state index in [1.807, 2.05) is 19.1 Å². The van der Waals surface area contributed by atoms with Gasteiger partial charge in [0.15, 0.2) is 11.3 Å². The number of ether oxygens (including phenoxy) is 2. The summed E-state index contributed by atoms with van der Waals surface area (Å²) >= 11 is 0. The lowest BCUT2D eigenvalue weighted by Crippen LogP contribution is -2.20. The summed E-state index contributed by atoms with van der Waals surface area (Å²) in [5.41, 5.74) is 0.499. The lowest BCUT2D eigenvalue weighted by atomic mass is 10.2. The molecule has 1 aromatic heterocycles. The van der Waals surface area contributed by atoms with Crippen LogP contribution >= 0.6 is 0 Å². The van der Waals surface area contributed by atoms with Gasteiger partial charge in [0, 0.05) is 18.1 Å². The molecule has 108 valence electrons. The number of para-hydroxylation sites is 1. The Morgan fingerprint density at radius 2 is 2.05 bits per heavy atom. The largest absolute Gasteiger partial charge is 0.709 e. The Bertz CT molecular complexity index is 539. The van der Waals surface area contributed by atoms with E-state index < -0.39 is 7.32 Å². The van der Waals surface area contributed by atoms with Gasteiger partial charge in [-0.15, -0.1) is 0 Å². The van der Waals surface area contributed by atoms with Gasteiger partial charge in [-0.05, 0) is 12.5 Å². The molecule has 0 fully saturated rings. The molecule has 0 saturated carbocycles. The SMILES string of the molecule is CCCOCCOc1cccc2cc(OB(O)O)oc12. The molecular weight excluding hydrogens is 263 g/mol. The minimum absolute atomic E-state index is 0.0216. The van der Waals surface area contributed by atoms with E-state index in [0.29, 0.717) is 31.2 Å². The molecule has 2 aromatic rings. The van der Waals surface area contributed by atoms with Crippen LogP contribution in [-0.4, -0.2) is 37.2 Å². The van der Waals surface area contributed by atoms with Crippen molar-refractivity contribution in [2.75, 3.05) is 19.8 Å². The zero-order chi connectivity index (χ0) is 14.4. The molecule has 0 spiro atoms. The van der Waals surface area contributed by atoms with Gasteiger partial charge in [0.25, 0.3) is 5.95 Å². The standard InChI is InChI=1S/C13H17BO6/c1-2-6-17-7-8-18-11-5-3-4-10-9-12(19-13(10)11)20-14(15)16/h3-5,9,15-16H,2,6-8H2,1H3. The number of furan rings is 1. The molecule has 0 saturated heterocycles. The maximum absolute atomic E-state index is 8.75. The molecule has 0 bridgehead atoms. The van der Waals surface area contributed by atoms with Crippen LogP contribution in [0.15, 0.2) is 28.7 Å². The number of rotatable bonds is 8. The summed E-state index contributed by atoms with van der Waals surface area (Å²) < 4.78 is 21.0. The van der Waals surface area contributed by atoms with Crippen molar-refractivity contribution >= 4 is 18.3 Å². The second-order valence-corrected chi connectivity index (χ2v) is 4.14. The average molecular weight is 280 g/mol. The highest BCUT2D eigenvalue weighted by molar-refractivity contribution is 6.33. The van der Waals surface area contributed by atoms with Crippen molar-refractivity contribution in [3.63, 3.8) is 0 Å². The van der Waals surface area contributed by atoms with E-state index in [2.05, 4.69) is 4.65 Å². The van der Waals surface area contributed by atoms with Crippen LogP contribution in [0.25, 0.3) is 11.0 Å². The van der Waals surface area contributed by atoms with E-state index in [4.69, 9.17) is 23.9 Å². The van der Waals surface area contributed by atoms with Crippen LogP contribution in [0.2, 0.25) is 0 Å². The first kappa shape index (κ1) is 14.7. The van der Waals surface area contributed by atoms with E-state index in [1.165, 1.54) is 0 Å². The highest BCUT2D eigenvalue weighted by Crippen LogP contribution is 2.32. The van der Waals surface area contributed by atoms with Crippen molar-refractivity contribution in [2.24, 2.45) is 0 Å². The van der Waals surface area contributed by atoms with E-state index in [1.54, 1.807) is 12.1 Å². The average Bonchev–Trinajstić information content (AvgIpc) is 2.80. The van der Waals surface area contributed by atoms with Gasteiger partial charge in [0.2, 0.25) is 0 Å². The van der Waals surface area contributed by atoms with Crippen LogP contribution in [0.3, 0.4) is 0 Å². The van der Waals surface area contributed by atoms with Crippen LogP contribution in [0, 0.1) is 0 Å². The maximum Gasteiger partial charge on any atom is 0.709 e. The van der Waals surface area contributed by atoms with Crippen LogP contribution in [0.4, 0.5) is 0 Å². The highest BCUT2D eigenvalue weighted by atomic mass is 16.7. The summed E-state index contributed by atoms with van der Waals surface area (Å²) in [6.07, 6.45) is 0.970. The van der Waals surface area contributed by atoms with Crippen LogP contribution in [0.5, 0.6) is 11.7 Å². The summed E-state index contributed by atoms with van der Waals surface area (Å²) in [5, 5.41) is 18.3. The lowest BCUT2D eigenvalue weighted by molar-refractivity contribution is 0.101. The summed E-state index contributed by atoms with van der Waals surface area (Å²) in [6.45, 7) is 3.67. The Kier molecular flexibility index (Phi) is 5.28. The molecule has 7 heteroatoms. The van der Waals surface area contributed by atoms with Crippen molar-refractivity contribution in [2.45, 2.75) is 13.3 Å². The third-order valence-electron chi connectivity index (χ3n) is 2.54. The van der Waals surface area contributed by atoms with Gasteiger partial charge in [-0.3, -0.25) is 0 Å². The highest BCUT2D eigenvalue weighted by Gasteiger charge is 2.16. The Morgan fingerprint density at radius 3 is 2.80 bits per heavy atom. The molecular formula is C13H17BO6. The molecule has 0 amide bonds. The van der Waals surface area contributed by atoms with Crippen molar-refractivity contribution in [1.82, 2.24) is 0 Å². The number of benzene rings is 1. The van der Waals surface area contributed by atoms with E-state index in [0.717, 1.165) is 11.8 Å². The van der Waals surface area contributed by atoms with Gasteiger partial charge >= 0.3 is 7.32 Å². The zero-order valence-electron chi connectivity index (χ0n) is 11.2. The molecule has 0 atom stereocenters. The first-order valence-electron chi connectivity index (χ1n) is 6.46. The number of fused-ring (bicyclic) bond motifs is 1. The Hall–Kier alpha value is -1.70. The van der Waals surface area contributed by atoms with Gasteiger partial charge in [-0.2, -0.15) is 0 Å². The van der Waals surface area contributed by atoms with Crippen molar-refractivity contribution in [3.8, 4) is 11.7 Å². The van der Waals surface area contributed by atoms with E-state index >= 15 is 0 Å². The minimum atomic E-state index is -1.91. The summed E-state index contributed by atoms with van der Waals surface area (Å²) in [7, 11) is -1.91. The van der Waals surface area contributed by atoms with E-state index in [-0.39, 0.29) is 5.95 Å². The van der Waals surface area contributed by atoms with Gasteiger partial charge in [0.1, 0.15) is 6.61 Å². The molecule has 2 N–H and O–H groups in total. The van der Waals surface area contributed by atoms with Gasteiger partial charge in [-0.1, -0.05) is 19.1 Å². The molecule has 1 aromatic carbocycles. The first-order valence-corrected chi connectivity index (χ1v) is 6.46. The third kappa shape index (κ3) is 3.90. The topological polar surface area (TPSA) is 81.3 Å². The fraction of sp³-hybridized carbons (Fsp3) is 0.385. The normalized spacial score (nSPS) is 10.8. The monoisotopic (exact) mass is 280 g/mol. The predicted octanol–water partition coefficient (Wildman–Crippen LogP) is 1.59. The second-order valence-electron chi connectivity index (χ2n) is 4.14. The first-order chi connectivity index (χ1) is 9.70. The second kappa shape index (κ2) is 7.18. The van der Waals surface area contributed by atoms with Crippen molar-refractivity contribution in [3.05, 3.63) is 24.3 Å². The summed E-state index contributed by atoms with van der Waals surface area (Å²) in [4.78, 5) is 0. The minimum Gasteiger partial charge on any atom is -0.487 e. The van der Waals surface area contributed by atoms with Crippen LogP contribution < -0.4 is 9.39 Å². The molecule has 2 rings (SSSR count). The van der Waals surface area contributed by atoms with Crippen molar-refractivity contribution < 1.29 is 28.6 Å². The molecule has 0 aliphatic rings. The van der Waals surface area contributed by atoms with Gasteiger partial charge < -0.3 is 28.6 Å². The van der Waals surface area contributed by atoms with Gasteiger partial charge in [-0.25, -0.2) is 0 Å². The maximum atomic E-state index is 8.75. The molecule has 0 aliphatic carbocycles. The summed E-state index contributed by atoms with van der Waals surface area (Å²) in [6, 6.07) is 6.97. The fourth-order valence-corrected chi connectivity index (χ4v) is 1.75. The lowest BCUT2D eigenvalue weighted by Gasteiger charge is -2.06. The number of hydrogen-bond donors (Lipinski definition) is 2. The quantitative estimate of drug-likeness (QED) is 0.564. The van der Waals surface area contributed by atoms with Crippen molar-refractivity contribution in [1.29, 1.82) is 0 Å².